The number of carbonyl (C=O) groups is 2. The molecule has 0 aliphatic heterocycles. The quantitative estimate of drug-likeness (QED) is 0.264. The molecule has 3 aliphatic rings. The molecule has 0 N–H and O–H groups in total. The van der Waals surface area contributed by atoms with Crippen LogP contribution in [0.25, 0.3) is 0 Å². The summed E-state index contributed by atoms with van der Waals surface area (Å²) in [5.41, 5.74) is -0.358. The molecule has 3 rings (SSSR count). The number of esters is 2. The monoisotopic (exact) mass is 504 g/mol. The van der Waals surface area contributed by atoms with Crippen LogP contribution in [0.5, 0.6) is 0 Å². The Kier molecular flexibility index (Phi) is 9.64. The molecule has 4 heteroatoms. The molecule has 2 unspecified atom stereocenters. The standard InChI is InChI=1S/C32H56O4/c1-8-13-26(35-28(34)32(22-29(3,4)5)23-30(32,6)7)19-16-24-14-17-25(18-15-24)27(33)36-31(9-2)20-11-10-12-21-31/h24-26H,8-23H2,1-7H3. The SMILES string of the molecule is CCCC(CCC1CCC(C(=O)OC2(CC)CCCCC2)CC1)OC(=O)C1(CC(C)(C)C)CC1(C)C. The number of rotatable bonds is 11. The first-order valence-corrected chi connectivity index (χ1v) is 15.3. The van der Waals surface area contributed by atoms with Crippen LogP contribution in [0, 0.1) is 28.1 Å². The summed E-state index contributed by atoms with van der Waals surface area (Å²) in [5, 5.41) is 0. The third kappa shape index (κ3) is 7.28. The van der Waals surface area contributed by atoms with E-state index in [1.54, 1.807) is 0 Å². The molecule has 3 saturated carbocycles. The molecule has 0 aromatic heterocycles. The Morgan fingerprint density at radius 2 is 1.56 bits per heavy atom. The van der Waals surface area contributed by atoms with E-state index >= 15 is 0 Å². The van der Waals surface area contributed by atoms with Gasteiger partial charge in [0.15, 0.2) is 0 Å². The van der Waals surface area contributed by atoms with Gasteiger partial charge in [-0.3, -0.25) is 9.59 Å². The predicted octanol–water partition coefficient (Wildman–Crippen LogP) is 8.79. The maximum atomic E-state index is 13.4. The molecule has 0 radical (unpaired) electrons. The van der Waals surface area contributed by atoms with Gasteiger partial charge in [-0.15, -0.1) is 0 Å². The van der Waals surface area contributed by atoms with Crippen molar-refractivity contribution >= 4 is 11.9 Å². The van der Waals surface area contributed by atoms with Crippen LogP contribution in [0.3, 0.4) is 0 Å². The Bertz CT molecular complexity index is 734. The van der Waals surface area contributed by atoms with Gasteiger partial charge < -0.3 is 9.47 Å². The Hall–Kier alpha value is -1.06. The lowest BCUT2D eigenvalue weighted by Crippen LogP contribution is -2.39. The van der Waals surface area contributed by atoms with E-state index in [1.165, 1.54) is 19.3 Å². The summed E-state index contributed by atoms with van der Waals surface area (Å²) in [6.07, 6.45) is 16.6. The summed E-state index contributed by atoms with van der Waals surface area (Å²) in [4.78, 5) is 26.4. The van der Waals surface area contributed by atoms with E-state index < -0.39 is 0 Å². The van der Waals surface area contributed by atoms with Crippen molar-refractivity contribution in [2.75, 3.05) is 0 Å². The molecule has 3 fully saturated rings. The lowest BCUT2D eigenvalue weighted by Gasteiger charge is -2.38. The van der Waals surface area contributed by atoms with Crippen molar-refractivity contribution in [1.29, 1.82) is 0 Å². The van der Waals surface area contributed by atoms with Crippen LogP contribution in [-0.4, -0.2) is 23.6 Å². The van der Waals surface area contributed by atoms with Crippen molar-refractivity contribution in [1.82, 2.24) is 0 Å². The molecule has 0 aromatic carbocycles. The van der Waals surface area contributed by atoms with Crippen LogP contribution in [0.2, 0.25) is 0 Å². The average molecular weight is 505 g/mol. The van der Waals surface area contributed by atoms with E-state index in [2.05, 4.69) is 48.5 Å². The number of carbonyl (C=O) groups excluding carboxylic acids is 2. The maximum Gasteiger partial charge on any atom is 0.312 e. The van der Waals surface area contributed by atoms with Gasteiger partial charge in [-0.05, 0) is 107 Å². The Morgan fingerprint density at radius 1 is 0.944 bits per heavy atom. The fraction of sp³-hybridized carbons (Fsp3) is 0.938. The second kappa shape index (κ2) is 11.8. The van der Waals surface area contributed by atoms with Crippen LogP contribution in [0.1, 0.15) is 151 Å². The number of ether oxygens (including phenoxy) is 2. The van der Waals surface area contributed by atoms with E-state index in [-0.39, 0.29) is 45.8 Å². The first-order chi connectivity index (χ1) is 16.9. The van der Waals surface area contributed by atoms with Crippen molar-refractivity contribution in [2.24, 2.45) is 28.1 Å². The fourth-order valence-electron chi connectivity index (χ4n) is 7.32. The van der Waals surface area contributed by atoms with Crippen LogP contribution in [0.4, 0.5) is 0 Å². The molecular weight excluding hydrogens is 448 g/mol. The third-order valence-electron chi connectivity index (χ3n) is 9.82. The van der Waals surface area contributed by atoms with Crippen molar-refractivity contribution in [3.05, 3.63) is 0 Å². The van der Waals surface area contributed by atoms with E-state index in [4.69, 9.17) is 9.47 Å². The van der Waals surface area contributed by atoms with Gasteiger partial charge >= 0.3 is 11.9 Å². The maximum absolute atomic E-state index is 13.4. The van der Waals surface area contributed by atoms with Crippen molar-refractivity contribution < 1.29 is 19.1 Å². The molecule has 0 aromatic rings. The van der Waals surface area contributed by atoms with Gasteiger partial charge in [-0.1, -0.05) is 61.3 Å². The summed E-state index contributed by atoms with van der Waals surface area (Å²) in [7, 11) is 0. The largest absolute Gasteiger partial charge is 0.462 e. The van der Waals surface area contributed by atoms with Crippen LogP contribution < -0.4 is 0 Å². The zero-order valence-electron chi connectivity index (χ0n) is 24.7. The summed E-state index contributed by atoms with van der Waals surface area (Å²) >= 11 is 0. The van der Waals surface area contributed by atoms with Gasteiger partial charge in [0, 0.05) is 0 Å². The van der Waals surface area contributed by atoms with E-state index in [0.717, 1.165) is 83.5 Å². The van der Waals surface area contributed by atoms with Gasteiger partial charge in [-0.25, -0.2) is 0 Å². The topological polar surface area (TPSA) is 52.6 Å². The molecular formula is C32H56O4. The van der Waals surface area contributed by atoms with E-state index in [0.29, 0.717) is 5.92 Å². The van der Waals surface area contributed by atoms with Gasteiger partial charge in [0.25, 0.3) is 0 Å². The normalized spacial score (nSPS) is 30.3. The van der Waals surface area contributed by atoms with Crippen LogP contribution in [0.15, 0.2) is 0 Å². The minimum atomic E-state index is -0.316. The van der Waals surface area contributed by atoms with Crippen molar-refractivity contribution in [2.45, 2.75) is 163 Å². The zero-order valence-corrected chi connectivity index (χ0v) is 24.7. The summed E-state index contributed by atoms with van der Waals surface area (Å²) in [6, 6.07) is 0. The first-order valence-electron chi connectivity index (χ1n) is 15.3. The fourth-order valence-corrected chi connectivity index (χ4v) is 7.32. The van der Waals surface area contributed by atoms with Crippen molar-refractivity contribution in [3.63, 3.8) is 0 Å². The second-order valence-corrected chi connectivity index (χ2v) is 14.5. The molecule has 0 heterocycles. The molecule has 208 valence electrons. The average Bonchev–Trinajstić information content (AvgIpc) is 3.37. The summed E-state index contributed by atoms with van der Waals surface area (Å²) in [6.45, 7) is 15.5. The van der Waals surface area contributed by atoms with Gasteiger partial charge in [0.05, 0.1) is 11.3 Å². The molecule has 36 heavy (non-hydrogen) atoms. The molecule has 0 bridgehead atoms. The van der Waals surface area contributed by atoms with E-state index in [1.807, 2.05) is 0 Å². The Morgan fingerprint density at radius 3 is 2.06 bits per heavy atom. The zero-order chi connectivity index (χ0) is 26.6. The summed E-state index contributed by atoms with van der Waals surface area (Å²) in [5.74, 6) is 0.805. The second-order valence-electron chi connectivity index (χ2n) is 14.5. The predicted molar refractivity (Wildman–Crippen MR) is 147 cm³/mol. The minimum absolute atomic E-state index is 0.0224. The smallest absolute Gasteiger partial charge is 0.312 e. The molecule has 0 amide bonds. The third-order valence-corrected chi connectivity index (χ3v) is 9.82. The highest BCUT2D eigenvalue weighted by atomic mass is 16.6. The molecule has 3 aliphatic carbocycles. The Labute approximate surface area is 222 Å². The van der Waals surface area contributed by atoms with Crippen LogP contribution >= 0.6 is 0 Å². The van der Waals surface area contributed by atoms with Gasteiger partial charge in [0.1, 0.15) is 11.7 Å². The highest BCUT2D eigenvalue weighted by molar-refractivity contribution is 5.82. The lowest BCUT2D eigenvalue weighted by atomic mass is 9.78. The molecule has 4 nitrogen and oxygen atoms in total. The first kappa shape index (κ1) is 29.5. The lowest BCUT2D eigenvalue weighted by molar-refractivity contribution is -0.170. The van der Waals surface area contributed by atoms with Gasteiger partial charge in [0.2, 0.25) is 0 Å². The number of hydrogen-bond acceptors (Lipinski definition) is 4. The van der Waals surface area contributed by atoms with Crippen LogP contribution in [-0.2, 0) is 19.1 Å². The minimum Gasteiger partial charge on any atom is -0.462 e. The molecule has 0 saturated heterocycles. The summed E-state index contributed by atoms with van der Waals surface area (Å²) < 4.78 is 12.4. The highest BCUT2D eigenvalue weighted by Gasteiger charge is 2.68. The van der Waals surface area contributed by atoms with Gasteiger partial charge in [-0.2, -0.15) is 0 Å². The molecule has 2 atom stereocenters. The van der Waals surface area contributed by atoms with Crippen molar-refractivity contribution in [3.8, 4) is 0 Å². The number of hydrogen-bond donors (Lipinski definition) is 0. The highest BCUT2D eigenvalue weighted by Crippen LogP contribution is 2.68. The van der Waals surface area contributed by atoms with E-state index in [9.17, 15) is 9.59 Å². The molecule has 0 spiro atoms. The Balaban J connectivity index is 1.46.